The van der Waals surface area contributed by atoms with Gasteiger partial charge < -0.3 is 9.80 Å². The molecule has 0 fully saturated rings. The molecule has 0 radical (unpaired) electrons. The maximum atomic E-state index is 13.1. The Morgan fingerprint density at radius 1 is 0.512 bits per heavy atom. The predicted molar refractivity (Wildman–Crippen MR) is 162 cm³/mol. The highest BCUT2D eigenvalue weighted by Gasteiger charge is 2.21. The van der Waals surface area contributed by atoms with Gasteiger partial charge >= 0.3 is 0 Å². The van der Waals surface area contributed by atoms with Gasteiger partial charge in [-0.25, -0.2) is 0 Å². The number of carbonyl (C=O) groups excluding carboxylic acids is 7. The van der Waals surface area contributed by atoms with Gasteiger partial charge in [0, 0.05) is 103 Å². The monoisotopic (exact) mass is 597 g/mol. The minimum atomic E-state index is -0.208. The largest absolute Gasteiger partial charge is 0.342 e. The molecule has 41 heavy (non-hydrogen) atoms. The van der Waals surface area contributed by atoms with Crippen molar-refractivity contribution in [2.45, 2.75) is 91.9 Å². The van der Waals surface area contributed by atoms with Crippen molar-refractivity contribution in [3.05, 3.63) is 0 Å². The summed E-state index contributed by atoms with van der Waals surface area (Å²) in [5, 5.41) is 0. The third-order valence-electron chi connectivity index (χ3n) is 6.87. The Hall–Kier alpha value is -2.40. The van der Waals surface area contributed by atoms with E-state index in [1.165, 1.54) is 11.8 Å². The van der Waals surface area contributed by atoms with Crippen molar-refractivity contribution < 1.29 is 33.6 Å². The Morgan fingerprint density at radius 2 is 0.902 bits per heavy atom. The zero-order valence-corrected chi connectivity index (χ0v) is 26.7. The van der Waals surface area contributed by atoms with Gasteiger partial charge in [0.05, 0.1) is 6.54 Å². The first-order chi connectivity index (χ1) is 19.5. The lowest BCUT2D eigenvalue weighted by atomic mass is 10.1. The Morgan fingerprint density at radius 3 is 1.24 bits per heavy atom. The molecule has 234 valence electrons. The third kappa shape index (κ3) is 19.4. The molecule has 2 amide bonds. The number of Topliss-reactive ketones (excluding diaryl/α,β-unsaturated/α-hetero) is 5. The van der Waals surface area contributed by atoms with E-state index < -0.39 is 0 Å². The van der Waals surface area contributed by atoms with Crippen molar-refractivity contribution in [1.29, 1.82) is 0 Å². The molecule has 0 N–H and O–H groups in total. The number of rotatable bonds is 26. The molecule has 0 saturated heterocycles. The van der Waals surface area contributed by atoms with Crippen molar-refractivity contribution in [1.82, 2.24) is 14.7 Å². The normalized spacial score (nSPS) is 10.9. The molecule has 10 nitrogen and oxygen atoms in total. The van der Waals surface area contributed by atoms with Gasteiger partial charge in [0.15, 0.2) is 0 Å². The summed E-state index contributed by atoms with van der Waals surface area (Å²) >= 11 is 1.57. The minimum absolute atomic E-state index is 0.0140. The molecule has 0 aromatic carbocycles. The van der Waals surface area contributed by atoms with Crippen LogP contribution >= 0.6 is 11.8 Å². The smallest absolute Gasteiger partial charge is 0.223 e. The van der Waals surface area contributed by atoms with Crippen LogP contribution in [-0.2, 0) is 33.6 Å². The fraction of sp³-hybridized carbons (Fsp3) is 0.767. The van der Waals surface area contributed by atoms with Crippen molar-refractivity contribution in [2.75, 3.05) is 57.8 Å². The first-order valence-corrected chi connectivity index (χ1v) is 16.2. The fourth-order valence-corrected chi connectivity index (χ4v) is 4.39. The molecule has 0 aromatic heterocycles. The number of ketones is 5. The number of amides is 2. The van der Waals surface area contributed by atoms with Crippen LogP contribution < -0.4 is 0 Å². The molecule has 0 aromatic rings. The Bertz CT molecular complexity index is 858. The maximum Gasteiger partial charge on any atom is 0.223 e. The average molecular weight is 598 g/mol. The summed E-state index contributed by atoms with van der Waals surface area (Å²) in [4.78, 5) is 90.8. The molecule has 0 aliphatic carbocycles. The van der Waals surface area contributed by atoms with E-state index in [-0.39, 0.29) is 125 Å². The molecular weight excluding hydrogens is 546 g/mol. The number of thioether (sulfide) groups is 1. The van der Waals surface area contributed by atoms with E-state index in [9.17, 15) is 33.6 Å². The molecule has 0 aliphatic rings. The molecule has 0 aliphatic heterocycles. The summed E-state index contributed by atoms with van der Waals surface area (Å²) in [6, 6.07) is 0. The summed E-state index contributed by atoms with van der Waals surface area (Å²) in [5.74, 6) is 0.358. The van der Waals surface area contributed by atoms with Crippen LogP contribution in [0.1, 0.15) is 91.9 Å². The molecule has 0 bridgehead atoms. The van der Waals surface area contributed by atoms with Crippen LogP contribution in [-0.4, -0.2) is 113 Å². The van der Waals surface area contributed by atoms with Gasteiger partial charge in [-0.2, -0.15) is 11.8 Å². The van der Waals surface area contributed by atoms with Crippen LogP contribution in [0, 0.1) is 0 Å². The van der Waals surface area contributed by atoms with Crippen LogP contribution in [0.25, 0.3) is 0 Å². The van der Waals surface area contributed by atoms with Gasteiger partial charge in [-0.1, -0.05) is 20.8 Å². The molecule has 0 unspecified atom stereocenters. The van der Waals surface area contributed by atoms with Gasteiger partial charge in [0.1, 0.15) is 28.9 Å². The second-order valence-electron chi connectivity index (χ2n) is 10.2. The predicted octanol–water partition coefficient (Wildman–Crippen LogP) is 3.13. The third-order valence-corrected chi connectivity index (χ3v) is 7.49. The van der Waals surface area contributed by atoms with Crippen molar-refractivity contribution >= 4 is 52.5 Å². The van der Waals surface area contributed by atoms with Gasteiger partial charge in [0.25, 0.3) is 0 Å². The average Bonchev–Trinajstić information content (AvgIpc) is 2.96. The minimum Gasteiger partial charge on any atom is -0.342 e. The lowest BCUT2D eigenvalue weighted by Crippen LogP contribution is -2.40. The summed E-state index contributed by atoms with van der Waals surface area (Å²) in [7, 11) is 0. The number of hydrogen-bond donors (Lipinski definition) is 0. The lowest BCUT2D eigenvalue weighted by Gasteiger charge is -2.27. The molecule has 0 atom stereocenters. The Balaban J connectivity index is 5.44. The van der Waals surface area contributed by atoms with Crippen LogP contribution in [0.2, 0.25) is 0 Å². The van der Waals surface area contributed by atoms with Gasteiger partial charge in [-0.3, -0.25) is 38.5 Å². The lowest BCUT2D eigenvalue weighted by molar-refractivity contribution is -0.133. The number of hydrogen-bond acceptors (Lipinski definition) is 9. The van der Waals surface area contributed by atoms with Crippen LogP contribution in [0.3, 0.4) is 0 Å². The second kappa shape index (κ2) is 23.2. The molecular formula is C30H51N3O7S. The molecule has 0 saturated carbocycles. The van der Waals surface area contributed by atoms with E-state index in [1.54, 1.807) is 42.3 Å². The first kappa shape index (κ1) is 38.6. The second-order valence-corrected chi connectivity index (χ2v) is 11.2. The van der Waals surface area contributed by atoms with E-state index in [0.717, 1.165) is 0 Å². The zero-order valence-electron chi connectivity index (χ0n) is 25.8. The molecule has 11 heteroatoms. The summed E-state index contributed by atoms with van der Waals surface area (Å²) in [6.45, 7) is 8.33. The van der Waals surface area contributed by atoms with E-state index in [4.69, 9.17) is 0 Å². The van der Waals surface area contributed by atoms with Gasteiger partial charge in [0.2, 0.25) is 11.8 Å². The molecule has 0 heterocycles. The Kier molecular flexibility index (Phi) is 21.8. The highest BCUT2D eigenvalue weighted by atomic mass is 32.2. The standard InChI is InChI=1S/C30H51N3O7S/c1-6-25(35)10-19-32(18-9-24(4)34)29(39)13-16-31(23-28(38)15-22-41-5)17-14-30(40)33(20-11-26(36)7-2)21-12-27(37)8-3/h6-23H2,1-5H3. The first-order valence-electron chi connectivity index (χ1n) is 14.8. The summed E-state index contributed by atoms with van der Waals surface area (Å²) in [5.41, 5.74) is 0. The maximum absolute atomic E-state index is 13.1. The van der Waals surface area contributed by atoms with E-state index in [1.807, 2.05) is 6.26 Å². The van der Waals surface area contributed by atoms with Crippen LogP contribution in [0.15, 0.2) is 0 Å². The van der Waals surface area contributed by atoms with Crippen LogP contribution in [0.4, 0.5) is 0 Å². The van der Waals surface area contributed by atoms with E-state index >= 15 is 0 Å². The zero-order chi connectivity index (χ0) is 31.2. The SMILES string of the molecule is CCC(=O)CCN(CCC(C)=O)C(=O)CCN(CCC(=O)N(CCC(=O)CC)CCC(=O)CC)CC(=O)CCSC. The van der Waals surface area contributed by atoms with Crippen LogP contribution in [0.5, 0.6) is 0 Å². The highest BCUT2D eigenvalue weighted by molar-refractivity contribution is 7.98. The van der Waals surface area contributed by atoms with Crippen molar-refractivity contribution in [3.8, 4) is 0 Å². The van der Waals surface area contributed by atoms with Gasteiger partial charge in [-0.15, -0.1) is 0 Å². The number of nitrogens with zero attached hydrogens (tertiary/aromatic N) is 3. The van der Waals surface area contributed by atoms with Gasteiger partial charge in [-0.05, 0) is 18.9 Å². The summed E-state index contributed by atoms with van der Waals surface area (Å²) < 4.78 is 0. The Labute approximate surface area is 250 Å². The van der Waals surface area contributed by atoms with Crippen molar-refractivity contribution in [2.24, 2.45) is 0 Å². The number of carbonyl (C=O) groups is 7. The topological polar surface area (TPSA) is 129 Å². The van der Waals surface area contributed by atoms with E-state index in [0.29, 0.717) is 31.4 Å². The van der Waals surface area contributed by atoms with E-state index in [2.05, 4.69) is 0 Å². The quantitative estimate of drug-likeness (QED) is 0.148. The molecule has 0 spiro atoms. The summed E-state index contributed by atoms with van der Waals surface area (Å²) in [6.07, 6.45) is 4.50. The van der Waals surface area contributed by atoms with Crippen molar-refractivity contribution in [3.63, 3.8) is 0 Å². The molecule has 0 rings (SSSR count). The highest BCUT2D eigenvalue weighted by Crippen LogP contribution is 2.08. The fourth-order valence-electron chi connectivity index (χ4n) is 3.96.